The highest BCUT2D eigenvalue weighted by atomic mass is 16.5. The Kier molecular flexibility index (Phi) is 6.65. The average molecular weight is 504 g/mol. The number of H-pyrrole nitrogens is 1. The second kappa shape index (κ2) is 9.77. The Balaban J connectivity index is 1.69. The van der Waals surface area contributed by atoms with E-state index >= 15 is 0 Å². The summed E-state index contributed by atoms with van der Waals surface area (Å²) in [6.45, 7) is 11.7. The smallest absolute Gasteiger partial charge is 0.255 e. The van der Waals surface area contributed by atoms with Crippen molar-refractivity contribution in [2.24, 2.45) is 0 Å². The number of aromatic nitrogens is 1. The van der Waals surface area contributed by atoms with Crippen LogP contribution in [0.3, 0.4) is 0 Å². The van der Waals surface area contributed by atoms with Gasteiger partial charge in [-0.3, -0.25) is 9.59 Å². The van der Waals surface area contributed by atoms with Crippen LogP contribution in [0, 0.1) is 0 Å². The Bertz CT molecular complexity index is 1330. The lowest BCUT2D eigenvalue weighted by Crippen LogP contribution is -2.68. The average Bonchev–Trinajstić information content (AvgIpc) is 3.30. The molecule has 3 atom stereocenters. The van der Waals surface area contributed by atoms with Crippen LogP contribution in [0.2, 0.25) is 0 Å². The number of carbonyl (C=O) groups is 2. The van der Waals surface area contributed by atoms with E-state index in [2.05, 4.69) is 24.0 Å². The molecule has 37 heavy (non-hydrogen) atoms. The van der Waals surface area contributed by atoms with Crippen LogP contribution in [0.25, 0.3) is 10.9 Å². The molecular formula is C30H37N3O4. The first-order valence-corrected chi connectivity index (χ1v) is 13.5. The van der Waals surface area contributed by atoms with Crippen LogP contribution in [0.4, 0.5) is 0 Å². The van der Waals surface area contributed by atoms with Crippen molar-refractivity contribution in [2.45, 2.75) is 65.0 Å². The molecule has 2 aliphatic rings. The fraction of sp³-hybridized carbons (Fsp3) is 0.467. The fourth-order valence-electron chi connectivity index (χ4n) is 5.85. The molecule has 1 aromatic heterocycles. The monoisotopic (exact) mass is 503 g/mol. The van der Waals surface area contributed by atoms with E-state index in [1.54, 1.807) is 9.80 Å². The largest absolute Gasteiger partial charge is 0.490 e. The number of hydrogen-bond donors (Lipinski definition) is 1. The maximum atomic E-state index is 14.1. The summed E-state index contributed by atoms with van der Waals surface area (Å²) in [4.78, 5) is 34.8. The maximum absolute atomic E-state index is 14.1. The van der Waals surface area contributed by atoms with Gasteiger partial charge in [0.2, 0.25) is 5.91 Å². The molecule has 0 unspecified atom stereocenters. The zero-order valence-corrected chi connectivity index (χ0v) is 22.5. The standard InChI is InChI=1S/C30H37N3O4/c1-6-15-37-24-14-13-20(16-25(24)36-8-3)22-17-33-26(34)18-32(19(4)7-2)29(35)30(33,5)28-27(22)21-11-9-10-12-23(21)31-28/h9-14,16,19,22,31H,6-8,15,17-18H2,1-5H3/t19-,22+,30-/m0/s1. The molecule has 0 spiro atoms. The number of piperazine rings is 1. The van der Waals surface area contributed by atoms with E-state index in [0.29, 0.717) is 25.5 Å². The predicted molar refractivity (Wildman–Crippen MR) is 144 cm³/mol. The van der Waals surface area contributed by atoms with Gasteiger partial charge in [-0.1, -0.05) is 38.1 Å². The summed E-state index contributed by atoms with van der Waals surface area (Å²) in [5.41, 5.74) is 2.79. The van der Waals surface area contributed by atoms with Gasteiger partial charge in [-0.25, -0.2) is 0 Å². The third kappa shape index (κ3) is 3.95. The van der Waals surface area contributed by atoms with Crippen molar-refractivity contribution in [1.82, 2.24) is 14.8 Å². The van der Waals surface area contributed by atoms with Gasteiger partial charge in [-0.05, 0) is 62.9 Å². The quantitative estimate of drug-likeness (QED) is 0.459. The number of rotatable bonds is 8. The van der Waals surface area contributed by atoms with Gasteiger partial charge in [-0.15, -0.1) is 0 Å². The highest BCUT2D eigenvalue weighted by Crippen LogP contribution is 2.49. The van der Waals surface area contributed by atoms with E-state index in [1.807, 2.05) is 58.0 Å². The zero-order valence-electron chi connectivity index (χ0n) is 22.5. The summed E-state index contributed by atoms with van der Waals surface area (Å²) in [6.07, 6.45) is 1.70. The molecule has 3 heterocycles. The van der Waals surface area contributed by atoms with E-state index in [4.69, 9.17) is 9.47 Å². The van der Waals surface area contributed by atoms with E-state index < -0.39 is 5.54 Å². The number of nitrogens with zero attached hydrogens (tertiary/aromatic N) is 2. The number of ether oxygens (including phenoxy) is 2. The predicted octanol–water partition coefficient (Wildman–Crippen LogP) is 5.19. The highest BCUT2D eigenvalue weighted by molar-refractivity contribution is 6.01. The molecule has 2 aliphatic heterocycles. The molecule has 0 bridgehead atoms. The molecule has 1 saturated heterocycles. The third-order valence-corrected chi connectivity index (χ3v) is 8.03. The SMILES string of the molecule is CCCOc1ccc([C@H]2CN3C(=O)CN([C@@H](C)CC)C(=O)[C@]3(C)c3[nH]c4ccccc4c32)cc1OCC. The summed E-state index contributed by atoms with van der Waals surface area (Å²) in [5.74, 6) is 1.26. The summed E-state index contributed by atoms with van der Waals surface area (Å²) in [5, 5.41) is 1.08. The maximum Gasteiger partial charge on any atom is 0.255 e. The number of benzene rings is 2. The lowest BCUT2D eigenvalue weighted by molar-refractivity contribution is -0.168. The number of aromatic amines is 1. The Morgan fingerprint density at radius 1 is 1.08 bits per heavy atom. The van der Waals surface area contributed by atoms with Crippen LogP contribution < -0.4 is 9.47 Å². The summed E-state index contributed by atoms with van der Waals surface area (Å²) in [6, 6.07) is 14.2. The number of hydrogen-bond acceptors (Lipinski definition) is 4. The number of nitrogens with one attached hydrogen (secondary N) is 1. The van der Waals surface area contributed by atoms with Gasteiger partial charge in [0.15, 0.2) is 17.0 Å². The molecule has 1 N–H and O–H groups in total. The Morgan fingerprint density at radius 3 is 2.59 bits per heavy atom. The Hall–Kier alpha value is -3.48. The topological polar surface area (TPSA) is 74.9 Å². The number of amides is 2. The molecule has 7 heteroatoms. The van der Waals surface area contributed by atoms with Crippen LogP contribution in [0.5, 0.6) is 11.5 Å². The van der Waals surface area contributed by atoms with E-state index in [-0.39, 0.29) is 30.3 Å². The molecule has 5 rings (SSSR count). The molecule has 7 nitrogen and oxygen atoms in total. The molecule has 0 aliphatic carbocycles. The van der Waals surface area contributed by atoms with Crippen molar-refractivity contribution in [1.29, 1.82) is 0 Å². The minimum absolute atomic E-state index is 0.00890. The molecule has 196 valence electrons. The number of carbonyl (C=O) groups excluding carboxylic acids is 2. The van der Waals surface area contributed by atoms with Gasteiger partial charge < -0.3 is 24.3 Å². The summed E-state index contributed by atoms with van der Waals surface area (Å²) >= 11 is 0. The Morgan fingerprint density at radius 2 is 1.86 bits per heavy atom. The molecule has 2 aromatic carbocycles. The van der Waals surface area contributed by atoms with Crippen LogP contribution in [0.1, 0.15) is 70.2 Å². The third-order valence-electron chi connectivity index (χ3n) is 8.03. The lowest BCUT2D eigenvalue weighted by Gasteiger charge is -2.52. The van der Waals surface area contributed by atoms with E-state index in [0.717, 1.165) is 46.3 Å². The normalized spacial score (nSPS) is 22.1. The molecule has 0 radical (unpaired) electrons. The Labute approximate surface area is 218 Å². The summed E-state index contributed by atoms with van der Waals surface area (Å²) in [7, 11) is 0. The van der Waals surface area contributed by atoms with Crippen molar-refractivity contribution in [3.63, 3.8) is 0 Å². The van der Waals surface area contributed by atoms with Gasteiger partial charge in [0.1, 0.15) is 6.54 Å². The second-order valence-corrected chi connectivity index (χ2v) is 10.3. The fourth-order valence-corrected chi connectivity index (χ4v) is 5.85. The molecule has 2 amide bonds. The van der Waals surface area contributed by atoms with E-state index in [9.17, 15) is 9.59 Å². The molecule has 0 saturated carbocycles. The highest BCUT2D eigenvalue weighted by Gasteiger charge is 2.56. The van der Waals surface area contributed by atoms with Gasteiger partial charge >= 0.3 is 0 Å². The molecular weight excluding hydrogens is 466 g/mol. The zero-order chi connectivity index (χ0) is 26.3. The first kappa shape index (κ1) is 25.2. The van der Waals surface area contributed by atoms with Crippen molar-refractivity contribution >= 4 is 22.7 Å². The van der Waals surface area contributed by atoms with Gasteiger partial charge in [0, 0.05) is 29.4 Å². The van der Waals surface area contributed by atoms with Gasteiger partial charge in [-0.2, -0.15) is 0 Å². The second-order valence-electron chi connectivity index (χ2n) is 10.3. The van der Waals surface area contributed by atoms with Crippen molar-refractivity contribution in [3.05, 3.63) is 59.3 Å². The first-order chi connectivity index (χ1) is 17.8. The van der Waals surface area contributed by atoms with Crippen molar-refractivity contribution < 1.29 is 19.1 Å². The van der Waals surface area contributed by atoms with Gasteiger partial charge in [0.05, 0.1) is 18.9 Å². The van der Waals surface area contributed by atoms with E-state index in [1.165, 1.54) is 0 Å². The van der Waals surface area contributed by atoms with Crippen LogP contribution in [-0.4, -0.2) is 58.9 Å². The summed E-state index contributed by atoms with van der Waals surface area (Å²) < 4.78 is 11.9. The molecule has 3 aromatic rings. The van der Waals surface area contributed by atoms with Crippen LogP contribution in [0.15, 0.2) is 42.5 Å². The minimum Gasteiger partial charge on any atom is -0.490 e. The van der Waals surface area contributed by atoms with Gasteiger partial charge in [0.25, 0.3) is 5.91 Å². The first-order valence-electron chi connectivity index (χ1n) is 13.5. The van der Waals surface area contributed by atoms with Crippen LogP contribution >= 0.6 is 0 Å². The molecule has 1 fully saturated rings. The van der Waals surface area contributed by atoms with Crippen molar-refractivity contribution in [2.75, 3.05) is 26.3 Å². The lowest BCUT2D eigenvalue weighted by atomic mass is 9.76. The number of fused-ring (bicyclic) bond motifs is 5. The number of para-hydroxylation sites is 1. The minimum atomic E-state index is -1.09. The van der Waals surface area contributed by atoms with Crippen LogP contribution in [-0.2, 0) is 15.1 Å². The van der Waals surface area contributed by atoms with Crippen molar-refractivity contribution in [3.8, 4) is 11.5 Å².